The van der Waals surface area contributed by atoms with Gasteiger partial charge in [-0.3, -0.25) is 4.79 Å². The van der Waals surface area contributed by atoms with E-state index < -0.39 is 0 Å². The smallest absolute Gasteiger partial charge is 0.317 e. The molecule has 5 nitrogen and oxygen atoms in total. The molecule has 0 unspecified atom stereocenters. The number of rotatable bonds is 4. The number of nitrogens with zero attached hydrogens (tertiary/aromatic N) is 1. The van der Waals surface area contributed by atoms with Crippen LogP contribution in [-0.2, 0) is 16.1 Å². The third-order valence-electron chi connectivity index (χ3n) is 3.79. The minimum absolute atomic E-state index is 0.129. The first kappa shape index (κ1) is 16.3. The average molecular weight is 308 g/mol. The quantitative estimate of drug-likeness (QED) is 0.868. The largest absolute Gasteiger partial charge is 0.466 e. The van der Waals surface area contributed by atoms with E-state index in [1.54, 1.807) is 30.0 Å². The van der Waals surface area contributed by atoms with Crippen LogP contribution in [0, 0.1) is 11.7 Å². The molecule has 0 aromatic heterocycles. The maximum absolute atomic E-state index is 13.5. The van der Waals surface area contributed by atoms with Gasteiger partial charge < -0.3 is 15.0 Å². The highest BCUT2D eigenvalue weighted by molar-refractivity contribution is 5.76. The summed E-state index contributed by atoms with van der Waals surface area (Å²) in [5, 5.41) is 2.71. The van der Waals surface area contributed by atoms with Crippen molar-refractivity contribution >= 4 is 12.0 Å². The molecule has 22 heavy (non-hydrogen) atoms. The van der Waals surface area contributed by atoms with Crippen LogP contribution >= 0.6 is 0 Å². The van der Waals surface area contributed by atoms with Crippen molar-refractivity contribution in [2.75, 3.05) is 19.7 Å². The van der Waals surface area contributed by atoms with Crippen LogP contribution < -0.4 is 5.32 Å². The van der Waals surface area contributed by atoms with Gasteiger partial charge in [0.25, 0.3) is 0 Å². The number of amides is 2. The Labute approximate surface area is 129 Å². The predicted molar refractivity (Wildman–Crippen MR) is 79.6 cm³/mol. The molecular weight excluding hydrogens is 287 g/mol. The molecule has 0 aliphatic carbocycles. The number of benzene rings is 1. The first-order chi connectivity index (χ1) is 10.6. The third-order valence-corrected chi connectivity index (χ3v) is 3.79. The van der Waals surface area contributed by atoms with Gasteiger partial charge in [0.1, 0.15) is 5.82 Å². The van der Waals surface area contributed by atoms with Crippen molar-refractivity contribution in [2.24, 2.45) is 5.92 Å². The minimum atomic E-state index is -0.330. The van der Waals surface area contributed by atoms with Gasteiger partial charge in [0.05, 0.1) is 12.5 Å². The van der Waals surface area contributed by atoms with E-state index in [1.807, 2.05) is 0 Å². The zero-order valence-corrected chi connectivity index (χ0v) is 12.7. The van der Waals surface area contributed by atoms with Crippen LogP contribution in [0.4, 0.5) is 9.18 Å². The molecule has 2 rings (SSSR count). The summed E-state index contributed by atoms with van der Waals surface area (Å²) in [5.74, 6) is -0.645. The number of ether oxygens (including phenoxy) is 1. The Balaban J connectivity index is 1.78. The van der Waals surface area contributed by atoms with Crippen molar-refractivity contribution in [1.29, 1.82) is 0 Å². The topological polar surface area (TPSA) is 58.6 Å². The summed E-state index contributed by atoms with van der Waals surface area (Å²) < 4.78 is 18.5. The molecule has 1 aromatic rings. The highest BCUT2D eigenvalue weighted by Crippen LogP contribution is 2.18. The van der Waals surface area contributed by atoms with Crippen LogP contribution in [0.25, 0.3) is 0 Å². The highest BCUT2D eigenvalue weighted by atomic mass is 19.1. The zero-order valence-electron chi connectivity index (χ0n) is 12.7. The number of esters is 1. The van der Waals surface area contributed by atoms with Gasteiger partial charge in [0, 0.05) is 25.2 Å². The van der Waals surface area contributed by atoms with Gasteiger partial charge in [0.2, 0.25) is 0 Å². The summed E-state index contributed by atoms with van der Waals surface area (Å²) in [6, 6.07) is 6.12. The number of halogens is 1. The van der Waals surface area contributed by atoms with E-state index >= 15 is 0 Å². The van der Waals surface area contributed by atoms with Crippen molar-refractivity contribution in [2.45, 2.75) is 26.3 Å². The molecule has 1 aliphatic heterocycles. The second kappa shape index (κ2) is 7.77. The fourth-order valence-corrected chi connectivity index (χ4v) is 2.50. The van der Waals surface area contributed by atoms with Gasteiger partial charge in [-0.25, -0.2) is 9.18 Å². The molecule has 0 spiro atoms. The third kappa shape index (κ3) is 4.19. The van der Waals surface area contributed by atoms with Crippen molar-refractivity contribution in [3.63, 3.8) is 0 Å². The Kier molecular flexibility index (Phi) is 5.75. The molecule has 1 aliphatic rings. The number of carbonyl (C=O) groups is 2. The summed E-state index contributed by atoms with van der Waals surface area (Å²) in [6.45, 7) is 3.33. The molecule has 2 amide bonds. The lowest BCUT2D eigenvalue weighted by atomic mass is 9.97. The maximum Gasteiger partial charge on any atom is 0.317 e. The SMILES string of the molecule is CCOC(=O)C1CCN(C(=O)NCc2ccccc2F)CC1. The summed E-state index contributed by atoms with van der Waals surface area (Å²) in [5.41, 5.74) is 0.456. The first-order valence-corrected chi connectivity index (χ1v) is 7.54. The summed E-state index contributed by atoms with van der Waals surface area (Å²) in [6.07, 6.45) is 1.21. The Bertz CT molecular complexity index is 528. The van der Waals surface area contributed by atoms with Crippen LogP contribution in [0.1, 0.15) is 25.3 Å². The lowest BCUT2D eigenvalue weighted by Gasteiger charge is -2.30. The normalized spacial score (nSPS) is 15.5. The van der Waals surface area contributed by atoms with Gasteiger partial charge in [-0.1, -0.05) is 18.2 Å². The number of likely N-dealkylation sites (tertiary alicyclic amines) is 1. The number of hydrogen-bond donors (Lipinski definition) is 1. The van der Waals surface area contributed by atoms with Gasteiger partial charge in [-0.05, 0) is 25.8 Å². The highest BCUT2D eigenvalue weighted by Gasteiger charge is 2.28. The summed E-state index contributed by atoms with van der Waals surface area (Å²) >= 11 is 0. The Hall–Kier alpha value is -2.11. The van der Waals surface area contributed by atoms with Crippen molar-refractivity contribution in [1.82, 2.24) is 10.2 Å². The number of nitrogens with one attached hydrogen (secondary N) is 1. The summed E-state index contributed by atoms with van der Waals surface area (Å²) in [4.78, 5) is 25.4. The van der Waals surface area contributed by atoms with E-state index in [2.05, 4.69) is 5.32 Å². The first-order valence-electron chi connectivity index (χ1n) is 7.54. The molecule has 0 saturated carbocycles. The molecule has 1 saturated heterocycles. The number of hydrogen-bond acceptors (Lipinski definition) is 3. The lowest BCUT2D eigenvalue weighted by Crippen LogP contribution is -2.45. The fraction of sp³-hybridized carbons (Fsp3) is 0.500. The molecule has 120 valence electrons. The second-order valence-corrected chi connectivity index (χ2v) is 5.26. The van der Waals surface area contributed by atoms with Crippen molar-refractivity contribution < 1.29 is 18.7 Å². The fourth-order valence-electron chi connectivity index (χ4n) is 2.50. The standard InChI is InChI=1S/C16H21FN2O3/c1-2-22-15(20)12-7-9-19(10-8-12)16(21)18-11-13-5-3-4-6-14(13)17/h3-6,12H,2,7-11H2,1H3,(H,18,21). The van der Waals surface area contributed by atoms with Crippen molar-refractivity contribution in [3.8, 4) is 0 Å². The lowest BCUT2D eigenvalue weighted by molar-refractivity contribution is -0.149. The molecular formula is C16H21FN2O3. The number of carbonyl (C=O) groups excluding carboxylic acids is 2. The number of piperidine rings is 1. The van der Waals surface area contributed by atoms with Gasteiger partial charge >= 0.3 is 12.0 Å². The van der Waals surface area contributed by atoms with Crippen LogP contribution in [-0.4, -0.2) is 36.6 Å². The number of urea groups is 1. The molecule has 1 N–H and O–H groups in total. The van der Waals surface area contributed by atoms with E-state index in [0.29, 0.717) is 38.1 Å². The Morgan fingerprint density at radius 1 is 1.32 bits per heavy atom. The molecule has 1 aromatic carbocycles. The van der Waals surface area contributed by atoms with Crippen LogP contribution in [0.3, 0.4) is 0 Å². The van der Waals surface area contributed by atoms with Crippen LogP contribution in [0.2, 0.25) is 0 Å². The molecule has 6 heteroatoms. The molecule has 1 heterocycles. The van der Waals surface area contributed by atoms with Gasteiger partial charge in [-0.15, -0.1) is 0 Å². The van der Waals surface area contributed by atoms with Crippen LogP contribution in [0.5, 0.6) is 0 Å². The second-order valence-electron chi connectivity index (χ2n) is 5.26. The monoisotopic (exact) mass is 308 g/mol. The average Bonchev–Trinajstić information content (AvgIpc) is 2.54. The molecule has 0 atom stereocenters. The summed E-state index contributed by atoms with van der Waals surface area (Å²) in [7, 11) is 0. The Morgan fingerprint density at radius 2 is 2.00 bits per heavy atom. The predicted octanol–water partition coefficient (Wildman–Crippen LogP) is 2.31. The molecule has 0 bridgehead atoms. The van der Waals surface area contributed by atoms with E-state index in [4.69, 9.17) is 4.74 Å². The molecule has 1 fully saturated rings. The van der Waals surface area contributed by atoms with E-state index in [9.17, 15) is 14.0 Å². The molecule has 0 radical (unpaired) electrons. The van der Waals surface area contributed by atoms with Crippen molar-refractivity contribution in [3.05, 3.63) is 35.6 Å². The van der Waals surface area contributed by atoms with E-state index in [-0.39, 0.29) is 30.3 Å². The van der Waals surface area contributed by atoms with Gasteiger partial charge in [0.15, 0.2) is 0 Å². The zero-order chi connectivity index (χ0) is 15.9. The Morgan fingerprint density at radius 3 is 2.64 bits per heavy atom. The minimum Gasteiger partial charge on any atom is -0.466 e. The van der Waals surface area contributed by atoms with Gasteiger partial charge in [-0.2, -0.15) is 0 Å². The van der Waals surface area contributed by atoms with Crippen LogP contribution in [0.15, 0.2) is 24.3 Å². The maximum atomic E-state index is 13.5. The van der Waals surface area contributed by atoms with E-state index in [1.165, 1.54) is 6.07 Å². The van der Waals surface area contributed by atoms with E-state index in [0.717, 1.165) is 0 Å².